The Hall–Kier alpha value is -3.27. The van der Waals surface area contributed by atoms with E-state index < -0.39 is 10.0 Å². The van der Waals surface area contributed by atoms with Crippen molar-refractivity contribution in [1.29, 1.82) is 0 Å². The van der Waals surface area contributed by atoms with Crippen molar-refractivity contribution in [1.82, 2.24) is 15.2 Å². The summed E-state index contributed by atoms with van der Waals surface area (Å²) in [5.74, 6) is 1.92. The molecule has 0 saturated heterocycles. The van der Waals surface area contributed by atoms with Gasteiger partial charge in [0, 0.05) is 11.8 Å². The van der Waals surface area contributed by atoms with Crippen molar-refractivity contribution < 1.29 is 17.9 Å². The SMILES string of the molecule is Cc1n[nH]c(C)c1S(=O)(=O)Nc1ccc(Nc2ccc3c(c2)OCO3)nc1. The summed E-state index contributed by atoms with van der Waals surface area (Å²) in [5, 5.41) is 9.72. The number of aromatic amines is 1. The summed E-state index contributed by atoms with van der Waals surface area (Å²) in [5.41, 5.74) is 2.03. The minimum atomic E-state index is -3.74. The van der Waals surface area contributed by atoms with E-state index in [4.69, 9.17) is 9.47 Å². The smallest absolute Gasteiger partial charge is 0.265 e. The summed E-state index contributed by atoms with van der Waals surface area (Å²) in [7, 11) is -3.74. The number of sulfonamides is 1. The van der Waals surface area contributed by atoms with Crippen molar-refractivity contribution in [3.63, 3.8) is 0 Å². The molecule has 0 fully saturated rings. The Morgan fingerprint density at radius 1 is 1.07 bits per heavy atom. The second kappa shape index (κ2) is 6.47. The molecular weight excluding hydrogens is 370 g/mol. The van der Waals surface area contributed by atoms with Crippen LogP contribution in [0.1, 0.15) is 11.4 Å². The molecule has 4 rings (SSSR count). The number of rotatable bonds is 5. The van der Waals surface area contributed by atoms with Gasteiger partial charge in [0.15, 0.2) is 11.5 Å². The molecule has 0 spiro atoms. The number of pyridine rings is 1. The van der Waals surface area contributed by atoms with Gasteiger partial charge < -0.3 is 14.8 Å². The highest BCUT2D eigenvalue weighted by atomic mass is 32.2. The fourth-order valence-electron chi connectivity index (χ4n) is 2.79. The van der Waals surface area contributed by atoms with Crippen LogP contribution in [0.25, 0.3) is 0 Å². The molecule has 1 aliphatic heterocycles. The first-order valence-corrected chi connectivity index (χ1v) is 9.58. The van der Waals surface area contributed by atoms with Crippen molar-refractivity contribution in [2.45, 2.75) is 18.7 Å². The first-order valence-electron chi connectivity index (χ1n) is 8.09. The summed E-state index contributed by atoms with van der Waals surface area (Å²) in [6, 6.07) is 8.77. The van der Waals surface area contributed by atoms with Gasteiger partial charge in [-0.2, -0.15) is 5.10 Å². The van der Waals surface area contributed by atoms with E-state index in [9.17, 15) is 8.42 Å². The molecule has 9 nitrogen and oxygen atoms in total. The third kappa shape index (κ3) is 3.38. The van der Waals surface area contributed by atoms with Crippen LogP contribution in [0.4, 0.5) is 17.2 Å². The second-order valence-corrected chi connectivity index (χ2v) is 7.61. The van der Waals surface area contributed by atoms with Gasteiger partial charge >= 0.3 is 0 Å². The first kappa shape index (κ1) is 17.2. The molecule has 10 heteroatoms. The quantitative estimate of drug-likeness (QED) is 0.616. The fraction of sp³-hybridized carbons (Fsp3) is 0.176. The topological polar surface area (TPSA) is 118 Å². The highest BCUT2D eigenvalue weighted by Gasteiger charge is 2.22. The lowest BCUT2D eigenvalue weighted by Crippen LogP contribution is -2.14. The van der Waals surface area contributed by atoms with Crippen LogP contribution in [0.2, 0.25) is 0 Å². The Kier molecular flexibility index (Phi) is 4.11. The molecule has 0 unspecified atom stereocenters. The molecule has 0 aliphatic carbocycles. The molecule has 1 aliphatic rings. The van der Waals surface area contributed by atoms with E-state index in [-0.39, 0.29) is 11.7 Å². The largest absolute Gasteiger partial charge is 0.454 e. The number of aromatic nitrogens is 3. The number of ether oxygens (including phenoxy) is 2. The zero-order chi connectivity index (χ0) is 19.0. The summed E-state index contributed by atoms with van der Waals surface area (Å²) in [6.45, 7) is 3.50. The molecule has 140 valence electrons. The Balaban J connectivity index is 1.49. The molecule has 1 aromatic carbocycles. The molecule has 0 saturated carbocycles. The van der Waals surface area contributed by atoms with Crippen molar-refractivity contribution in [2.75, 3.05) is 16.8 Å². The molecular formula is C17H17N5O4S. The standard InChI is InChI=1S/C17H17N5O4S/c1-10-17(11(2)21-20-10)27(23,24)22-13-4-6-16(18-8-13)19-12-3-5-14-15(7-12)26-9-25-14/h3-8,22H,9H2,1-2H3,(H,18,19)(H,20,21). The number of aryl methyl sites for hydroxylation is 2. The summed E-state index contributed by atoms with van der Waals surface area (Å²) >= 11 is 0. The molecule has 3 heterocycles. The van der Waals surface area contributed by atoms with E-state index in [2.05, 4.69) is 25.2 Å². The van der Waals surface area contributed by atoms with E-state index in [1.165, 1.54) is 6.20 Å². The fourth-order valence-corrected chi connectivity index (χ4v) is 4.21. The van der Waals surface area contributed by atoms with Crippen LogP contribution >= 0.6 is 0 Å². The highest BCUT2D eigenvalue weighted by Crippen LogP contribution is 2.35. The van der Waals surface area contributed by atoms with Gasteiger partial charge in [0.05, 0.1) is 23.3 Å². The molecule has 3 aromatic rings. The van der Waals surface area contributed by atoms with Crippen molar-refractivity contribution in [2.24, 2.45) is 0 Å². The Morgan fingerprint density at radius 3 is 2.56 bits per heavy atom. The van der Waals surface area contributed by atoms with Crippen LogP contribution in [0.3, 0.4) is 0 Å². The Morgan fingerprint density at radius 2 is 1.85 bits per heavy atom. The predicted molar refractivity (Wildman–Crippen MR) is 99.0 cm³/mol. The number of benzene rings is 1. The third-order valence-electron chi connectivity index (χ3n) is 3.99. The van der Waals surface area contributed by atoms with Crippen LogP contribution in [0.15, 0.2) is 41.4 Å². The number of anilines is 3. The van der Waals surface area contributed by atoms with E-state index >= 15 is 0 Å². The maximum atomic E-state index is 12.5. The van der Waals surface area contributed by atoms with Gasteiger partial charge in [-0.25, -0.2) is 13.4 Å². The number of fused-ring (bicyclic) bond motifs is 1. The maximum absolute atomic E-state index is 12.5. The number of hydrogen-bond acceptors (Lipinski definition) is 7. The minimum Gasteiger partial charge on any atom is -0.454 e. The third-order valence-corrected chi connectivity index (χ3v) is 5.63. The summed E-state index contributed by atoms with van der Waals surface area (Å²) < 4.78 is 38.2. The first-order chi connectivity index (χ1) is 12.9. The van der Waals surface area contributed by atoms with Crippen LogP contribution in [-0.4, -0.2) is 30.4 Å². The zero-order valence-electron chi connectivity index (χ0n) is 14.6. The lowest BCUT2D eigenvalue weighted by Gasteiger charge is -2.10. The molecule has 0 radical (unpaired) electrons. The van der Waals surface area contributed by atoms with Gasteiger partial charge in [-0.3, -0.25) is 9.82 Å². The Bertz CT molecular complexity index is 1070. The lowest BCUT2D eigenvalue weighted by molar-refractivity contribution is 0.174. The van der Waals surface area contributed by atoms with E-state index in [1.807, 2.05) is 18.2 Å². The predicted octanol–water partition coefficient (Wildman–Crippen LogP) is 2.69. The maximum Gasteiger partial charge on any atom is 0.265 e. The van der Waals surface area contributed by atoms with Gasteiger partial charge in [-0.1, -0.05) is 0 Å². The van der Waals surface area contributed by atoms with Gasteiger partial charge in [-0.15, -0.1) is 0 Å². The van der Waals surface area contributed by atoms with Crippen LogP contribution in [0.5, 0.6) is 11.5 Å². The Labute approximate surface area is 155 Å². The van der Waals surface area contributed by atoms with Crippen molar-refractivity contribution in [3.8, 4) is 11.5 Å². The average Bonchev–Trinajstić information content (AvgIpc) is 3.22. The van der Waals surface area contributed by atoms with Crippen molar-refractivity contribution in [3.05, 3.63) is 47.9 Å². The highest BCUT2D eigenvalue weighted by molar-refractivity contribution is 7.92. The number of nitrogens with one attached hydrogen (secondary N) is 3. The average molecular weight is 387 g/mol. The van der Waals surface area contributed by atoms with E-state index in [0.29, 0.717) is 34.4 Å². The van der Waals surface area contributed by atoms with Crippen LogP contribution in [0, 0.1) is 13.8 Å². The molecule has 0 amide bonds. The van der Waals surface area contributed by atoms with E-state index in [0.717, 1.165) is 5.69 Å². The molecule has 2 aromatic heterocycles. The normalized spacial score (nSPS) is 12.8. The van der Waals surface area contributed by atoms with Gasteiger partial charge in [-0.05, 0) is 38.1 Å². The number of hydrogen-bond donors (Lipinski definition) is 3. The van der Waals surface area contributed by atoms with Gasteiger partial charge in [0.1, 0.15) is 10.7 Å². The summed E-state index contributed by atoms with van der Waals surface area (Å²) in [6.07, 6.45) is 1.44. The number of nitrogens with zero attached hydrogens (tertiary/aromatic N) is 2. The molecule has 3 N–H and O–H groups in total. The monoisotopic (exact) mass is 387 g/mol. The molecule has 0 atom stereocenters. The molecule has 0 bridgehead atoms. The van der Waals surface area contributed by atoms with E-state index in [1.54, 1.807) is 26.0 Å². The lowest BCUT2D eigenvalue weighted by atomic mass is 10.2. The van der Waals surface area contributed by atoms with Crippen LogP contribution in [-0.2, 0) is 10.0 Å². The van der Waals surface area contributed by atoms with Gasteiger partial charge in [0.25, 0.3) is 10.0 Å². The van der Waals surface area contributed by atoms with Crippen molar-refractivity contribution >= 4 is 27.2 Å². The summed E-state index contributed by atoms with van der Waals surface area (Å²) in [4.78, 5) is 4.39. The minimum absolute atomic E-state index is 0.144. The molecule has 27 heavy (non-hydrogen) atoms. The van der Waals surface area contributed by atoms with Gasteiger partial charge in [0.2, 0.25) is 6.79 Å². The second-order valence-electron chi connectivity index (χ2n) is 5.99. The number of H-pyrrole nitrogens is 1. The zero-order valence-corrected chi connectivity index (χ0v) is 15.4. The van der Waals surface area contributed by atoms with Crippen LogP contribution < -0.4 is 19.5 Å².